The van der Waals surface area contributed by atoms with Crippen LogP contribution in [0.4, 0.5) is 0 Å². The van der Waals surface area contributed by atoms with Gasteiger partial charge in [0.05, 0.1) is 0 Å². The van der Waals surface area contributed by atoms with Crippen LogP contribution in [-0.4, -0.2) is 0 Å². The largest absolute Gasteiger partial charge is 0.115 e. The first-order valence-corrected chi connectivity index (χ1v) is 4.53. The minimum Gasteiger partial charge on any atom is -0.115 e. The van der Waals surface area contributed by atoms with Crippen molar-refractivity contribution in [3.8, 4) is 12.3 Å². The molecule has 0 bridgehead atoms. The molecule has 65 valence electrons. The molecule has 0 saturated carbocycles. The summed E-state index contributed by atoms with van der Waals surface area (Å²) in [6.45, 7) is 9.74. The lowest BCUT2D eigenvalue weighted by molar-refractivity contribution is 0.875. The first kappa shape index (κ1) is 11.0. The van der Waals surface area contributed by atoms with E-state index in [-0.39, 0.29) is 0 Å². The van der Waals surface area contributed by atoms with Crippen LogP contribution in [0.1, 0.15) is 39.5 Å². The molecule has 0 aromatic rings. The van der Waals surface area contributed by atoms with Crippen LogP contribution in [0.3, 0.4) is 0 Å². The number of rotatable bonds is 5. The number of terminal acetylenes is 1. The molecular weight excluding hydrogens is 144 g/mol. The Hall–Kier alpha value is -0.960. The van der Waals surface area contributed by atoms with Crippen LogP contribution in [0.5, 0.6) is 0 Å². The van der Waals surface area contributed by atoms with E-state index in [2.05, 4.69) is 19.8 Å². The molecule has 0 N–H and O–H groups in total. The maximum absolute atomic E-state index is 5.49. The van der Waals surface area contributed by atoms with Gasteiger partial charge in [-0.15, -0.1) is 6.42 Å². The van der Waals surface area contributed by atoms with Crippen molar-refractivity contribution in [3.63, 3.8) is 0 Å². The molecule has 1 radical (unpaired) electrons. The van der Waals surface area contributed by atoms with E-state index in [4.69, 9.17) is 13.0 Å². The van der Waals surface area contributed by atoms with Gasteiger partial charge in [0.2, 0.25) is 0 Å². The Balaban J connectivity index is 4.52. The summed E-state index contributed by atoms with van der Waals surface area (Å²) in [7, 11) is 0. The third-order valence-electron chi connectivity index (χ3n) is 1.78. The fourth-order valence-corrected chi connectivity index (χ4v) is 1.18. The van der Waals surface area contributed by atoms with Crippen LogP contribution >= 0.6 is 0 Å². The van der Waals surface area contributed by atoms with Crippen molar-refractivity contribution in [2.75, 3.05) is 0 Å². The fraction of sp³-hybridized carbons (Fsp3) is 0.500. The monoisotopic (exact) mass is 161 g/mol. The SMILES string of the molecule is [CH]=C/C(CCC)=C(/C#C)CCC. The molecule has 0 amide bonds. The Morgan fingerprint density at radius 1 is 1.25 bits per heavy atom. The first-order valence-electron chi connectivity index (χ1n) is 4.53. The minimum atomic E-state index is 0.972. The lowest BCUT2D eigenvalue weighted by atomic mass is 10.0. The zero-order chi connectivity index (χ0) is 9.40. The minimum absolute atomic E-state index is 0.972. The standard InChI is InChI=1S/C12H17/c1-5-9-11(7-3)12(8-4)10-6-2/h3-4,7H,5-6,9-10H2,1-2H3/b7-3?,12-11+. The second kappa shape index (κ2) is 6.73. The van der Waals surface area contributed by atoms with Gasteiger partial charge in [-0.1, -0.05) is 45.3 Å². The molecule has 0 rings (SSSR count). The molecule has 0 aromatic heterocycles. The highest BCUT2D eigenvalue weighted by Crippen LogP contribution is 2.15. The molecule has 0 unspecified atom stereocenters. The van der Waals surface area contributed by atoms with Crippen molar-refractivity contribution in [1.82, 2.24) is 0 Å². The van der Waals surface area contributed by atoms with Crippen molar-refractivity contribution in [1.29, 1.82) is 0 Å². The predicted octanol–water partition coefficient (Wildman–Crippen LogP) is 3.51. The smallest absolute Gasteiger partial charge is 0.00495 e. The summed E-state index contributed by atoms with van der Waals surface area (Å²) in [5, 5.41) is 0. The highest BCUT2D eigenvalue weighted by molar-refractivity contribution is 5.36. The molecule has 0 heteroatoms. The third-order valence-corrected chi connectivity index (χ3v) is 1.78. The maximum Gasteiger partial charge on any atom is 0.00495 e. The van der Waals surface area contributed by atoms with Gasteiger partial charge in [0, 0.05) is 5.57 Å². The Morgan fingerprint density at radius 2 is 1.83 bits per heavy atom. The average molecular weight is 161 g/mol. The van der Waals surface area contributed by atoms with E-state index in [9.17, 15) is 0 Å². The molecular formula is C12H17. The Kier molecular flexibility index (Phi) is 6.19. The third kappa shape index (κ3) is 3.44. The molecule has 0 saturated heterocycles. The number of allylic oxidation sites excluding steroid dienone is 3. The first-order chi connectivity index (χ1) is 5.79. The van der Waals surface area contributed by atoms with Crippen molar-refractivity contribution in [3.05, 3.63) is 23.8 Å². The van der Waals surface area contributed by atoms with Crippen LogP contribution in [0.25, 0.3) is 0 Å². The summed E-state index contributed by atoms with van der Waals surface area (Å²) in [5.41, 5.74) is 2.21. The van der Waals surface area contributed by atoms with Crippen LogP contribution < -0.4 is 0 Å². The molecule has 0 nitrogen and oxygen atoms in total. The van der Waals surface area contributed by atoms with Gasteiger partial charge in [0.1, 0.15) is 0 Å². The Morgan fingerprint density at radius 3 is 2.17 bits per heavy atom. The molecule has 0 heterocycles. The fourth-order valence-electron chi connectivity index (χ4n) is 1.18. The average Bonchev–Trinajstić information content (AvgIpc) is 2.11. The molecule has 0 aromatic carbocycles. The summed E-state index contributed by atoms with van der Waals surface area (Å²) in [5.74, 6) is 2.71. The molecule has 0 aliphatic heterocycles. The molecule has 0 atom stereocenters. The van der Waals surface area contributed by atoms with Gasteiger partial charge >= 0.3 is 0 Å². The molecule has 0 aliphatic rings. The second-order valence-electron chi connectivity index (χ2n) is 2.81. The topological polar surface area (TPSA) is 0 Å². The maximum atomic E-state index is 5.49. The highest BCUT2D eigenvalue weighted by atomic mass is 14.0. The van der Waals surface area contributed by atoms with Crippen LogP contribution in [0.2, 0.25) is 0 Å². The Bertz CT molecular complexity index is 201. The van der Waals surface area contributed by atoms with E-state index in [1.807, 2.05) is 0 Å². The van der Waals surface area contributed by atoms with Gasteiger partial charge in [0.15, 0.2) is 0 Å². The van der Waals surface area contributed by atoms with E-state index >= 15 is 0 Å². The lowest BCUT2D eigenvalue weighted by Gasteiger charge is -2.04. The van der Waals surface area contributed by atoms with Crippen molar-refractivity contribution >= 4 is 0 Å². The zero-order valence-corrected chi connectivity index (χ0v) is 8.06. The summed E-state index contributed by atoms with van der Waals surface area (Å²) in [4.78, 5) is 0. The van der Waals surface area contributed by atoms with Crippen LogP contribution in [0.15, 0.2) is 17.2 Å². The summed E-state index contributed by atoms with van der Waals surface area (Å²) in [6.07, 6.45) is 11.2. The van der Waals surface area contributed by atoms with E-state index in [0.717, 1.165) is 36.8 Å². The lowest BCUT2D eigenvalue weighted by Crippen LogP contribution is -1.87. The van der Waals surface area contributed by atoms with E-state index in [1.165, 1.54) is 0 Å². The normalized spacial score (nSPS) is 11.8. The van der Waals surface area contributed by atoms with Gasteiger partial charge in [-0.25, -0.2) is 0 Å². The van der Waals surface area contributed by atoms with Gasteiger partial charge < -0.3 is 0 Å². The summed E-state index contributed by atoms with van der Waals surface area (Å²) in [6, 6.07) is 0. The number of hydrogen-bond acceptors (Lipinski definition) is 0. The van der Waals surface area contributed by atoms with Crippen LogP contribution in [-0.2, 0) is 0 Å². The predicted molar refractivity (Wildman–Crippen MR) is 54.5 cm³/mol. The van der Waals surface area contributed by atoms with Gasteiger partial charge in [0.25, 0.3) is 0 Å². The van der Waals surface area contributed by atoms with Gasteiger partial charge in [-0.05, 0) is 18.4 Å². The number of hydrogen-bond donors (Lipinski definition) is 0. The molecule has 0 spiro atoms. The summed E-state index contributed by atoms with van der Waals surface area (Å²) >= 11 is 0. The summed E-state index contributed by atoms with van der Waals surface area (Å²) < 4.78 is 0. The molecule has 12 heavy (non-hydrogen) atoms. The van der Waals surface area contributed by atoms with Crippen molar-refractivity contribution in [2.24, 2.45) is 0 Å². The molecule has 0 fully saturated rings. The van der Waals surface area contributed by atoms with E-state index in [1.54, 1.807) is 6.08 Å². The molecule has 0 aliphatic carbocycles. The Labute approximate surface area is 76.4 Å². The van der Waals surface area contributed by atoms with Gasteiger partial charge in [-0.2, -0.15) is 0 Å². The van der Waals surface area contributed by atoms with E-state index < -0.39 is 0 Å². The second-order valence-corrected chi connectivity index (χ2v) is 2.81. The highest BCUT2D eigenvalue weighted by Gasteiger charge is 1.98. The van der Waals surface area contributed by atoms with E-state index in [0.29, 0.717) is 0 Å². The van der Waals surface area contributed by atoms with Crippen molar-refractivity contribution in [2.45, 2.75) is 39.5 Å². The van der Waals surface area contributed by atoms with Gasteiger partial charge in [-0.3, -0.25) is 0 Å². The quantitative estimate of drug-likeness (QED) is 0.427. The van der Waals surface area contributed by atoms with Crippen molar-refractivity contribution < 1.29 is 0 Å². The van der Waals surface area contributed by atoms with Crippen LogP contribution in [0, 0.1) is 18.9 Å². The zero-order valence-electron chi connectivity index (χ0n) is 8.06.